The van der Waals surface area contributed by atoms with Gasteiger partial charge in [0.25, 0.3) is 0 Å². The van der Waals surface area contributed by atoms with E-state index in [2.05, 4.69) is 47.5 Å². The van der Waals surface area contributed by atoms with Crippen LogP contribution in [0.2, 0.25) is 0 Å². The second-order valence-corrected chi connectivity index (χ2v) is 8.66. The van der Waals surface area contributed by atoms with Gasteiger partial charge in [0.05, 0.1) is 5.41 Å². The van der Waals surface area contributed by atoms with Gasteiger partial charge in [0.2, 0.25) is 5.91 Å². The molecule has 2 aliphatic rings. The molecule has 0 aromatic heterocycles. The molecule has 4 heteroatoms. The van der Waals surface area contributed by atoms with E-state index in [9.17, 15) is 4.79 Å². The summed E-state index contributed by atoms with van der Waals surface area (Å²) >= 11 is 2.04. The van der Waals surface area contributed by atoms with E-state index in [1.54, 1.807) is 0 Å². The molecule has 0 radical (unpaired) electrons. The fourth-order valence-electron chi connectivity index (χ4n) is 3.75. The second-order valence-electron chi connectivity index (χ2n) is 7.44. The molecule has 2 fully saturated rings. The summed E-state index contributed by atoms with van der Waals surface area (Å²) in [7, 11) is 0. The number of carbonyl (C=O) groups is 1. The molecule has 0 unspecified atom stereocenters. The largest absolute Gasteiger partial charge is 0.325 e. The monoisotopic (exact) mass is 366 g/mol. The van der Waals surface area contributed by atoms with Crippen LogP contribution < -0.4 is 5.32 Å². The summed E-state index contributed by atoms with van der Waals surface area (Å²) in [6.07, 6.45) is 1.87. The number of amides is 1. The van der Waals surface area contributed by atoms with Crippen molar-refractivity contribution in [2.45, 2.75) is 31.7 Å². The van der Waals surface area contributed by atoms with Crippen LogP contribution in [0, 0.1) is 6.92 Å². The van der Waals surface area contributed by atoms with Gasteiger partial charge >= 0.3 is 0 Å². The quantitative estimate of drug-likeness (QED) is 0.860. The molecule has 4 rings (SSSR count). The van der Waals surface area contributed by atoms with E-state index >= 15 is 0 Å². The van der Waals surface area contributed by atoms with Crippen molar-refractivity contribution < 1.29 is 4.79 Å². The number of nitrogens with one attached hydrogen (secondary N) is 1. The maximum absolute atomic E-state index is 12.9. The molecule has 0 atom stereocenters. The van der Waals surface area contributed by atoms with Crippen molar-refractivity contribution in [2.75, 3.05) is 29.9 Å². The minimum absolute atomic E-state index is 0.132. The number of carbonyl (C=O) groups excluding carboxylic acids is 1. The van der Waals surface area contributed by atoms with Crippen LogP contribution in [-0.4, -0.2) is 35.4 Å². The van der Waals surface area contributed by atoms with Crippen molar-refractivity contribution in [3.05, 3.63) is 65.2 Å². The van der Waals surface area contributed by atoms with Crippen LogP contribution in [0.5, 0.6) is 0 Å². The van der Waals surface area contributed by atoms with Gasteiger partial charge in [-0.05, 0) is 42.5 Å². The van der Waals surface area contributed by atoms with Crippen molar-refractivity contribution in [3.8, 4) is 0 Å². The lowest BCUT2D eigenvalue weighted by Gasteiger charge is -2.26. The van der Waals surface area contributed by atoms with E-state index in [1.807, 2.05) is 30.0 Å². The summed E-state index contributed by atoms with van der Waals surface area (Å²) in [5.74, 6) is 2.59. The highest BCUT2D eigenvalue weighted by Crippen LogP contribution is 2.49. The Morgan fingerprint density at radius 2 is 1.85 bits per heavy atom. The average molecular weight is 367 g/mol. The molecular weight excluding hydrogens is 340 g/mol. The second kappa shape index (κ2) is 7.45. The third kappa shape index (κ3) is 3.67. The lowest BCUT2D eigenvalue weighted by molar-refractivity contribution is -0.118. The first-order valence-corrected chi connectivity index (χ1v) is 10.6. The third-order valence-electron chi connectivity index (χ3n) is 5.56. The number of anilines is 1. The summed E-state index contributed by atoms with van der Waals surface area (Å²) in [5, 5.41) is 3.19. The van der Waals surface area contributed by atoms with Crippen molar-refractivity contribution >= 4 is 23.4 Å². The molecule has 1 saturated heterocycles. The number of aryl methyl sites for hydroxylation is 1. The van der Waals surface area contributed by atoms with Gasteiger partial charge in [-0.15, -0.1) is 0 Å². The summed E-state index contributed by atoms with van der Waals surface area (Å²) in [5.41, 5.74) is 4.23. The molecule has 1 saturated carbocycles. The molecule has 0 spiro atoms. The van der Waals surface area contributed by atoms with E-state index in [1.165, 1.54) is 30.2 Å². The molecule has 2 aromatic carbocycles. The van der Waals surface area contributed by atoms with Crippen LogP contribution in [0.1, 0.15) is 29.5 Å². The molecule has 1 amide bonds. The minimum atomic E-state index is -0.322. The molecule has 136 valence electrons. The zero-order valence-corrected chi connectivity index (χ0v) is 16.1. The van der Waals surface area contributed by atoms with E-state index in [4.69, 9.17) is 0 Å². The Morgan fingerprint density at radius 3 is 2.50 bits per heavy atom. The maximum Gasteiger partial charge on any atom is 0.235 e. The van der Waals surface area contributed by atoms with Crippen LogP contribution in [0.25, 0.3) is 0 Å². The summed E-state index contributed by atoms with van der Waals surface area (Å²) in [6.45, 7) is 5.43. The van der Waals surface area contributed by atoms with Crippen LogP contribution in [0.3, 0.4) is 0 Å². The van der Waals surface area contributed by atoms with Gasteiger partial charge in [-0.2, -0.15) is 11.8 Å². The van der Waals surface area contributed by atoms with Gasteiger partial charge in [0.15, 0.2) is 0 Å². The van der Waals surface area contributed by atoms with Crippen molar-refractivity contribution in [2.24, 2.45) is 0 Å². The predicted octanol–water partition coefficient (Wildman–Crippen LogP) is 4.21. The number of thioether (sulfide) groups is 1. The first kappa shape index (κ1) is 17.6. The number of nitrogens with zero attached hydrogens (tertiary/aromatic N) is 1. The number of benzene rings is 2. The summed E-state index contributed by atoms with van der Waals surface area (Å²) < 4.78 is 0. The maximum atomic E-state index is 12.9. The molecule has 1 heterocycles. The van der Waals surface area contributed by atoms with E-state index < -0.39 is 0 Å². The van der Waals surface area contributed by atoms with Crippen molar-refractivity contribution in [3.63, 3.8) is 0 Å². The third-order valence-corrected chi connectivity index (χ3v) is 6.50. The summed E-state index contributed by atoms with van der Waals surface area (Å²) in [4.78, 5) is 15.4. The highest BCUT2D eigenvalue weighted by molar-refractivity contribution is 7.99. The molecular formula is C22H26N2OS. The van der Waals surface area contributed by atoms with Gasteiger partial charge in [-0.3, -0.25) is 9.69 Å². The van der Waals surface area contributed by atoms with Crippen molar-refractivity contribution in [1.82, 2.24) is 4.90 Å². The number of rotatable bonds is 5. The Labute approximate surface area is 160 Å². The number of hydrogen-bond acceptors (Lipinski definition) is 3. The molecule has 2 aromatic rings. The molecule has 1 aliphatic heterocycles. The Balaban J connectivity index is 1.44. The summed E-state index contributed by atoms with van der Waals surface area (Å²) in [6, 6.07) is 16.6. The Bertz CT molecular complexity index is 780. The molecule has 1 aliphatic carbocycles. The van der Waals surface area contributed by atoms with E-state index in [0.717, 1.165) is 36.2 Å². The predicted molar refractivity (Wildman–Crippen MR) is 110 cm³/mol. The van der Waals surface area contributed by atoms with Gasteiger partial charge in [0.1, 0.15) is 0 Å². The first-order valence-electron chi connectivity index (χ1n) is 9.44. The topological polar surface area (TPSA) is 32.3 Å². The van der Waals surface area contributed by atoms with Gasteiger partial charge < -0.3 is 5.32 Å². The smallest absolute Gasteiger partial charge is 0.235 e. The van der Waals surface area contributed by atoms with Crippen LogP contribution in [0.4, 0.5) is 5.69 Å². The average Bonchev–Trinajstić information content (AvgIpc) is 3.48. The van der Waals surface area contributed by atoms with E-state index in [0.29, 0.717) is 0 Å². The fourth-order valence-corrected chi connectivity index (χ4v) is 4.73. The molecule has 3 nitrogen and oxygen atoms in total. The van der Waals surface area contributed by atoms with Crippen LogP contribution in [-0.2, 0) is 16.8 Å². The lowest BCUT2D eigenvalue weighted by atomic mass is 9.95. The Kier molecular flexibility index (Phi) is 5.05. The molecule has 26 heavy (non-hydrogen) atoms. The Morgan fingerprint density at radius 1 is 1.12 bits per heavy atom. The molecule has 1 N–H and O–H groups in total. The van der Waals surface area contributed by atoms with Gasteiger partial charge in [-0.25, -0.2) is 0 Å². The van der Waals surface area contributed by atoms with E-state index in [-0.39, 0.29) is 11.3 Å². The highest BCUT2D eigenvalue weighted by Gasteiger charge is 2.51. The van der Waals surface area contributed by atoms with Gasteiger partial charge in [-0.1, -0.05) is 42.5 Å². The Hall–Kier alpha value is -1.78. The zero-order chi connectivity index (χ0) is 18.0. The van der Waals surface area contributed by atoms with Crippen LogP contribution >= 0.6 is 11.8 Å². The standard InChI is InChI=1S/C22H26N2OS/c1-17-15-18(16-24-11-13-26-14-12-24)7-8-20(17)23-21(25)22(9-10-22)19-5-3-2-4-6-19/h2-8,15H,9-14,16H2,1H3,(H,23,25). The number of hydrogen-bond donors (Lipinski definition) is 1. The molecule has 0 bridgehead atoms. The lowest BCUT2D eigenvalue weighted by Crippen LogP contribution is -2.32. The first-order chi connectivity index (χ1) is 12.7. The SMILES string of the molecule is Cc1cc(CN2CCSCC2)ccc1NC(=O)C1(c2ccccc2)CC1. The minimum Gasteiger partial charge on any atom is -0.325 e. The zero-order valence-electron chi connectivity index (χ0n) is 15.3. The normalized spacial score (nSPS) is 19.1. The highest BCUT2D eigenvalue weighted by atomic mass is 32.2. The van der Waals surface area contributed by atoms with Gasteiger partial charge in [0, 0.05) is 36.8 Å². The fraction of sp³-hybridized carbons (Fsp3) is 0.409. The van der Waals surface area contributed by atoms with Crippen LogP contribution in [0.15, 0.2) is 48.5 Å². The van der Waals surface area contributed by atoms with Crippen molar-refractivity contribution in [1.29, 1.82) is 0 Å².